The number of hydrogen-bond acceptors (Lipinski definition) is 5. The Morgan fingerprint density at radius 3 is 2.36 bits per heavy atom. The highest BCUT2D eigenvalue weighted by atomic mass is 35.5. The molecule has 1 N–H and O–H groups in total. The van der Waals surface area contributed by atoms with E-state index in [1.807, 2.05) is 54.6 Å². The predicted octanol–water partition coefficient (Wildman–Crippen LogP) is 6.01. The summed E-state index contributed by atoms with van der Waals surface area (Å²) in [6, 6.07) is 25.8. The number of halogens is 1. The van der Waals surface area contributed by atoms with Crippen LogP contribution in [0.3, 0.4) is 0 Å². The molecule has 4 aromatic rings. The van der Waals surface area contributed by atoms with E-state index in [0.717, 1.165) is 54.8 Å². The van der Waals surface area contributed by atoms with E-state index < -0.39 is 0 Å². The van der Waals surface area contributed by atoms with Crippen LogP contribution in [0.1, 0.15) is 23.5 Å². The number of pyridine rings is 1. The number of anilines is 2. The van der Waals surface area contributed by atoms with Gasteiger partial charge in [-0.15, -0.1) is 0 Å². The normalized spacial score (nSPS) is 20.0. The van der Waals surface area contributed by atoms with Gasteiger partial charge in [0, 0.05) is 41.2 Å². The molecule has 2 aromatic carbocycles. The van der Waals surface area contributed by atoms with Crippen molar-refractivity contribution in [2.75, 3.05) is 36.1 Å². The molecule has 0 radical (unpaired) electrons. The number of morpholine rings is 1. The van der Waals surface area contributed by atoms with Crippen molar-refractivity contribution in [3.05, 3.63) is 102 Å². The average Bonchev–Trinajstić information content (AvgIpc) is 3.55. The van der Waals surface area contributed by atoms with Gasteiger partial charge in [0.25, 0.3) is 0 Å². The van der Waals surface area contributed by atoms with Crippen LogP contribution in [0.25, 0.3) is 11.3 Å². The lowest BCUT2D eigenvalue weighted by molar-refractivity contribution is 0.122. The maximum Gasteiger partial charge on any atom is 0.174 e. The van der Waals surface area contributed by atoms with Crippen molar-refractivity contribution >= 4 is 40.3 Å². The minimum atomic E-state index is -0.206. The number of nitrogens with one attached hydrogen (secondary N) is 1. The van der Waals surface area contributed by atoms with Gasteiger partial charge < -0.3 is 24.3 Å². The van der Waals surface area contributed by atoms with Gasteiger partial charge in [0.15, 0.2) is 5.11 Å². The van der Waals surface area contributed by atoms with Gasteiger partial charge in [-0.05, 0) is 85.0 Å². The fourth-order valence-corrected chi connectivity index (χ4v) is 5.32. The van der Waals surface area contributed by atoms with E-state index in [9.17, 15) is 0 Å². The molecule has 0 unspecified atom stereocenters. The second-order valence-corrected chi connectivity index (χ2v) is 9.64. The van der Waals surface area contributed by atoms with Crippen LogP contribution in [0.2, 0.25) is 5.02 Å². The van der Waals surface area contributed by atoms with Gasteiger partial charge in [0.2, 0.25) is 0 Å². The SMILES string of the molecule is S=C1N[C@@H](c2ccccn2)[C@H](c2ccc(-c3ccc(Cl)cc3)o2)N1c1ccc(N2CCOCC2)cc1. The maximum absolute atomic E-state index is 6.43. The summed E-state index contributed by atoms with van der Waals surface area (Å²) in [7, 11) is 0. The molecule has 0 amide bonds. The molecular formula is C28H25ClN4O2S. The Balaban J connectivity index is 1.37. The van der Waals surface area contributed by atoms with Gasteiger partial charge >= 0.3 is 0 Å². The average molecular weight is 517 g/mol. The van der Waals surface area contributed by atoms with Crippen LogP contribution >= 0.6 is 23.8 Å². The van der Waals surface area contributed by atoms with E-state index in [0.29, 0.717) is 10.1 Å². The van der Waals surface area contributed by atoms with E-state index in [-0.39, 0.29) is 12.1 Å². The Labute approximate surface area is 220 Å². The third-order valence-electron chi connectivity index (χ3n) is 6.65. The Morgan fingerprint density at radius 1 is 0.889 bits per heavy atom. The van der Waals surface area contributed by atoms with Crippen molar-refractivity contribution in [2.24, 2.45) is 0 Å². The first-order chi connectivity index (χ1) is 17.7. The summed E-state index contributed by atoms with van der Waals surface area (Å²) >= 11 is 11.9. The molecule has 182 valence electrons. The number of furan rings is 1. The zero-order valence-corrected chi connectivity index (χ0v) is 21.1. The molecule has 6 rings (SSSR count). The lowest BCUT2D eigenvalue weighted by Crippen LogP contribution is -2.36. The minimum Gasteiger partial charge on any atom is -0.459 e. The summed E-state index contributed by atoms with van der Waals surface area (Å²) < 4.78 is 11.9. The van der Waals surface area contributed by atoms with Gasteiger partial charge in [-0.2, -0.15) is 0 Å². The highest BCUT2D eigenvalue weighted by Gasteiger charge is 2.42. The fraction of sp³-hybridized carbons (Fsp3) is 0.214. The van der Waals surface area contributed by atoms with Gasteiger partial charge in [-0.1, -0.05) is 17.7 Å². The molecular weight excluding hydrogens is 492 g/mol. The van der Waals surface area contributed by atoms with Gasteiger partial charge in [-0.3, -0.25) is 4.98 Å². The van der Waals surface area contributed by atoms with Crippen LogP contribution in [0.15, 0.2) is 89.5 Å². The number of thiocarbonyl (C=S) groups is 1. The highest BCUT2D eigenvalue weighted by Crippen LogP contribution is 2.43. The fourth-order valence-electron chi connectivity index (χ4n) is 4.85. The maximum atomic E-state index is 6.43. The molecule has 36 heavy (non-hydrogen) atoms. The molecule has 6 nitrogen and oxygen atoms in total. The van der Waals surface area contributed by atoms with Crippen LogP contribution in [0.4, 0.5) is 11.4 Å². The summed E-state index contributed by atoms with van der Waals surface area (Å²) in [4.78, 5) is 9.09. The molecule has 2 fully saturated rings. The van der Waals surface area contributed by atoms with Gasteiger partial charge in [0.1, 0.15) is 17.6 Å². The number of aromatic nitrogens is 1. The molecule has 0 saturated carbocycles. The zero-order valence-electron chi connectivity index (χ0n) is 19.5. The molecule has 2 saturated heterocycles. The van der Waals surface area contributed by atoms with Crippen LogP contribution in [0, 0.1) is 0 Å². The number of hydrogen-bond donors (Lipinski definition) is 1. The van der Waals surface area contributed by atoms with Gasteiger partial charge in [-0.25, -0.2) is 0 Å². The highest BCUT2D eigenvalue weighted by molar-refractivity contribution is 7.80. The first-order valence-electron chi connectivity index (χ1n) is 12.0. The summed E-state index contributed by atoms with van der Waals surface area (Å²) in [6.07, 6.45) is 1.80. The summed E-state index contributed by atoms with van der Waals surface area (Å²) in [5.74, 6) is 1.59. The zero-order chi connectivity index (χ0) is 24.5. The molecule has 4 heterocycles. The summed E-state index contributed by atoms with van der Waals surface area (Å²) in [6.45, 7) is 3.30. The monoisotopic (exact) mass is 516 g/mol. The van der Waals surface area contributed by atoms with Crippen molar-refractivity contribution in [1.82, 2.24) is 10.3 Å². The molecule has 2 aliphatic rings. The molecule has 2 atom stereocenters. The lowest BCUT2D eigenvalue weighted by atomic mass is 10.0. The Bertz CT molecular complexity index is 1340. The summed E-state index contributed by atoms with van der Waals surface area (Å²) in [5.41, 5.74) is 4.05. The van der Waals surface area contributed by atoms with Gasteiger partial charge in [0.05, 0.1) is 24.9 Å². The standard InChI is InChI=1S/C28H25ClN4O2S/c29-20-6-4-19(5-7-20)24-12-13-25(35-24)27-26(23-3-1-2-14-30-23)31-28(36)33(27)22-10-8-21(9-11-22)32-15-17-34-18-16-32/h1-14,26-27H,15-18H2,(H,31,36)/t26-,27-/m0/s1. The summed E-state index contributed by atoms with van der Waals surface area (Å²) in [5, 5.41) is 4.82. The van der Waals surface area contributed by atoms with E-state index in [1.54, 1.807) is 6.20 Å². The Kier molecular flexibility index (Phi) is 6.35. The first kappa shape index (κ1) is 23.0. The largest absolute Gasteiger partial charge is 0.459 e. The number of rotatable bonds is 5. The number of benzene rings is 2. The third kappa shape index (κ3) is 4.46. The second-order valence-electron chi connectivity index (χ2n) is 8.82. The number of nitrogens with zero attached hydrogens (tertiary/aromatic N) is 3. The van der Waals surface area contributed by atoms with Crippen molar-refractivity contribution in [1.29, 1.82) is 0 Å². The van der Waals surface area contributed by atoms with E-state index in [4.69, 9.17) is 33.0 Å². The Hall–Kier alpha value is -3.39. The van der Waals surface area contributed by atoms with Crippen molar-refractivity contribution in [3.8, 4) is 11.3 Å². The van der Waals surface area contributed by atoms with Crippen molar-refractivity contribution < 1.29 is 9.15 Å². The quantitative estimate of drug-likeness (QED) is 0.326. The third-order valence-corrected chi connectivity index (χ3v) is 7.22. The molecule has 0 aliphatic carbocycles. The minimum absolute atomic E-state index is 0.165. The second kappa shape index (κ2) is 9.93. The molecule has 0 bridgehead atoms. The molecule has 0 spiro atoms. The van der Waals surface area contributed by atoms with Crippen LogP contribution < -0.4 is 15.1 Å². The molecule has 2 aliphatic heterocycles. The first-order valence-corrected chi connectivity index (χ1v) is 12.7. The Morgan fingerprint density at radius 2 is 1.64 bits per heavy atom. The van der Waals surface area contributed by atoms with E-state index >= 15 is 0 Å². The smallest absolute Gasteiger partial charge is 0.174 e. The topological polar surface area (TPSA) is 53.8 Å². The lowest BCUT2D eigenvalue weighted by Gasteiger charge is -2.30. The number of ether oxygens (including phenoxy) is 1. The van der Waals surface area contributed by atoms with E-state index in [2.05, 4.69) is 44.4 Å². The van der Waals surface area contributed by atoms with Crippen molar-refractivity contribution in [3.63, 3.8) is 0 Å². The van der Waals surface area contributed by atoms with Crippen LogP contribution in [-0.4, -0.2) is 36.4 Å². The van der Waals surface area contributed by atoms with E-state index in [1.165, 1.54) is 5.69 Å². The van der Waals surface area contributed by atoms with Crippen LogP contribution in [0.5, 0.6) is 0 Å². The van der Waals surface area contributed by atoms with Crippen molar-refractivity contribution in [2.45, 2.75) is 12.1 Å². The molecule has 2 aromatic heterocycles. The predicted molar refractivity (Wildman–Crippen MR) is 147 cm³/mol. The van der Waals surface area contributed by atoms with Crippen LogP contribution in [-0.2, 0) is 4.74 Å². The molecule has 8 heteroatoms.